The Morgan fingerprint density at radius 3 is 1.80 bits per heavy atom. The zero-order valence-electron chi connectivity index (χ0n) is 12.9. The molecule has 0 aromatic heterocycles. The summed E-state index contributed by atoms with van der Waals surface area (Å²) in [5.41, 5.74) is 0. The van der Waals surface area contributed by atoms with Crippen molar-refractivity contribution in [2.45, 2.75) is 39.8 Å². The largest absolute Gasteiger partial charge is 0.465 e. The summed E-state index contributed by atoms with van der Waals surface area (Å²) in [4.78, 5) is 36.0. The molecule has 0 aliphatic rings. The zero-order chi connectivity index (χ0) is 16.0. The number of amides is 3. The van der Waals surface area contributed by atoms with E-state index in [2.05, 4.69) is 10.6 Å². The van der Waals surface area contributed by atoms with Gasteiger partial charge in [0.1, 0.15) is 12.1 Å². The molecule has 0 aromatic rings. The van der Waals surface area contributed by atoms with E-state index in [0.717, 1.165) is 4.90 Å². The Bertz CT molecular complexity index is 369. The van der Waals surface area contributed by atoms with E-state index in [1.165, 1.54) is 14.1 Å². The standard InChI is InChI=1S/C13H25N3O4/c1-7(2)9(11(17)14-5)15-12(18)10(8(3)4)16(6)13(19)20/h7-10H,1-6H3,(H,14,17)(H,15,18)(H,19,20)/t9-,10-/m0/s1. The minimum atomic E-state index is -1.18. The average Bonchev–Trinajstić information content (AvgIpc) is 2.34. The molecule has 3 N–H and O–H groups in total. The van der Waals surface area contributed by atoms with E-state index < -0.39 is 24.1 Å². The lowest BCUT2D eigenvalue weighted by atomic mass is 9.99. The van der Waals surface area contributed by atoms with Gasteiger partial charge < -0.3 is 15.7 Å². The first kappa shape index (κ1) is 18.2. The van der Waals surface area contributed by atoms with Crippen molar-refractivity contribution in [3.8, 4) is 0 Å². The van der Waals surface area contributed by atoms with Crippen molar-refractivity contribution in [2.24, 2.45) is 11.8 Å². The first-order valence-electron chi connectivity index (χ1n) is 6.61. The first-order chi connectivity index (χ1) is 9.13. The van der Waals surface area contributed by atoms with Crippen molar-refractivity contribution < 1.29 is 19.5 Å². The van der Waals surface area contributed by atoms with Crippen LogP contribution in [0.2, 0.25) is 0 Å². The second-order valence-electron chi connectivity index (χ2n) is 5.43. The van der Waals surface area contributed by atoms with Gasteiger partial charge in [0.15, 0.2) is 0 Å². The van der Waals surface area contributed by atoms with Crippen LogP contribution in [0.5, 0.6) is 0 Å². The van der Waals surface area contributed by atoms with Gasteiger partial charge >= 0.3 is 6.09 Å². The fraction of sp³-hybridized carbons (Fsp3) is 0.769. The second-order valence-corrected chi connectivity index (χ2v) is 5.43. The number of carboxylic acid groups (broad SMARTS) is 1. The molecule has 7 heteroatoms. The summed E-state index contributed by atoms with van der Waals surface area (Å²) in [6.45, 7) is 7.14. The molecule has 0 aromatic carbocycles. The van der Waals surface area contributed by atoms with Crippen LogP contribution < -0.4 is 10.6 Å². The van der Waals surface area contributed by atoms with Gasteiger partial charge in [-0.1, -0.05) is 27.7 Å². The molecule has 0 aliphatic carbocycles. The highest BCUT2D eigenvalue weighted by molar-refractivity contribution is 5.91. The molecule has 20 heavy (non-hydrogen) atoms. The lowest BCUT2D eigenvalue weighted by Crippen LogP contribution is -2.56. The number of carbonyl (C=O) groups is 3. The van der Waals surface area contributed by atoms with E-state index in [1.54, 1.807) is 13.8 Å². The van der Waals surface area contributed by atoms with Gasteiger partial charge in [-0.15, -0.1) is 0 Å². The normalized spacial score (nSPS) is 13.8. The first-order valence-corrected chi connectivity index (χ1v) is 6.61. The molecule has 0 saturated carbocycles. The fourth-order valence-corrected chi connectivity index (χ4v) is 1.97. The van der Waals surface area contributed by atoms with Gasteiger partial charge in [0.2, 0.25) is 11.8 Å². The quantitative estimate of drug-likeness (QED) is 0.662. The monoisotopic (exact) mass is 287 g/mol. The number of nitrogens with zero attached hydrogens (tertiary/aromatic N) is 1. The van der Waals surface area contributed by atoms with Crippen molar-refractivity contribution in [1.82, 2.24) is 15.5 Å². The van der Waals surface area contributed by atoms with Crippen LogP contribution in [0.15, 0.2) is 0 Å². The van der Waals surface area contributed by atoms with E-state index in [9.17, 15) is 14.4 Å². The maximum absolute atomic E-state index is 12.3. The van der Waals surface area contributed by atoms with Gasteiger partial charge in [-0.25, -0.2) is 4.79 Å². The summed E-state index contributed by atoms with van der Waals surface area (Å²) in [7, 11) is 2.84. The van der Waals surface area contributed by atoms with Crippen LogP contribution in [0.25, 0.3) is 0 Å². The minimum Gasteiger partial charge on any atom is -0.465 e. The Morgan fingerprint density at radius 1 is 1.00 bits per heavy atom. The smallest absolute Gasteiger partial charge is 0.407 e. The lowest BCUT2D eigenvalue weighted by Gasteiger charge is -2.30. The van der Waals surface area contributed by atoms with Gasteiger partial charge in [0.25, 0.3) is 0 Å². The molecule has 2 atom stereocenters. The van der Waals surface area contributed by atoms with Crippen LogP contribution >= 0.6 is 0 Å². The number of hydrogen-bond acceptors (Lipinski definition) is 3. The van der Waals surface area contributed by atoms with Gasteiger partial charge in [-0.2, -0.15) is 0 Å². The minimum absolute atomic E-state index is 0.0955. The van der Waals surface area contributed by atoms with Crippen LogP contribution in [0.1, 0.15) is 27.7 Å². The molecule has 0 bridgehead atoms. The molecular weight excluding hydrogens is 262 g/mol. The van der Waals surface area contributed by atoms with Gasteiger partial charge in [0, 0.05) is 14.1 Å². The number of carbonyl (C=O) groups excluding carboxylic acids is 2. The highest BCUT2D eigenvalue weighted by Gasteiger charge is 2.33. The molecule has 0 rings (SSSR count). The topological polar surface area (TPSA) is 98.7 Å². The molecule has 0 saturated heterocycles. The molecule has 0 aliphatic heterocycles. The van der Waals surface area contributed by atoms with Crippen LogP contribution in [-0.4, -0.2) is 54.1 Å². The lowest BCUT2D eigenvalue weighted by molar-refractivity contribution is -0.133. The Morgan fingerprint density at radius 2 is 1.50 bits per heavy atom. The van der Waals surface area contributed by atoms with Crippen LogP contribution in [0, 0.1) is 11.8 Å². The number of rotatable bonds is 6. The fourth-order valence-electron chi connectivity index (χ4n) is 1.97. The van der Waals surface area contributed by atoms with Crippen LogP contribution in [0.3, 0.4) is 0 Å². The molecule has 0 fully saturated rings. The maximum Gasteiger partial charge on any atom is 0.407 e. The maximum atomic E-state index is 12.3. The molecular formula is C13H25N3O4. The average molecular weight is 287 g/mol. The summed E-state index contributed by atoms with van der Waals surface area (Å²) in [5.74, 6) is -1.06. The molecule has 0 unspecified atom stereocenters. The van der Waals surface area contributed by atoms with Crippen molar-refractivity contribution in [3.63, 3.8) is 0 Å². The Balaban J connectivity index is 5.08. The third kappa shape index (κ3) is 4.71. The summed E-state index contributed by atoms with van der Waals surface area (Å²) in [6.07, 6.45) is -1.18. The third-order valence-corrected chi connectivity index (χ3v) is 3.11. The Hall–Kier alpha value is -1.79. The van der Waals surface area contributed by atoms with Crippen LogP contribution in [0.4, 0.5) is 4.79 Å². The van der Waals surface area contributed by atoms with E-state index in [-0.39, 0.29) is 17.7 Å². The third-order valence-electron chi connectivity index (χ3n) is 3.11. The second kappa shape index (κ2) is 7.72. The van der Waals surface area contributed by atoms with Crippen LogP contribution in [-0.2, 0) is 9.59 Å². The number of likely N-dealkylation sites (N-methyl/N-ethyl adjacent to an activating group) is 2. The number of nitrogens with one attached hydrogen (secondary N) is 2. The molecule has 0 heterocycles. The van der Waals surface area contributed by atoms with E-state index >= 15 is 0 Å². The van der Waals surface area contributed by atoms with Gasteiger partial charge in [0.05, 0.1) is 0 Å². The predicted molar refractivity (Wildman–Crippen MR) is 75.2 cm³/mol. The summed E-state index contributed by atoms with van der Waals surface area (Å²) in [6, 6.07) is -1.52. The van der Waals surface area contributed by atoms with E-state index in [0.29, 0.717) is 0 Å². The van der Waals surface area contributed by atoms with Gasteiger partial charge in [-0.05, 0) is 11.8 Å². The predicted octanol–water partition coefficient (Wildman–Crippen LogP) is 0.508. The number of hydrogen-bond donors (Lipinski definition) is 3. The Labute approximate surface area is 119 Å². The van der Waals surface area contributed by atoms with E-state index in [4.69, 9.17) is 5.11 Å². The summed E-state index contributed by atoms with van der Waals surface area (Å²) in [5, 5.41) is 14.1. The molecule has 116 valence electrons. The highest BCUT2D eigenvalue weighted by atomic mass is 16.4. The van der Waals surface area contributed by atoms with Gasteiger partial charge in [-0.3, -0.25) is 14.5 Å². The van der Waals surface area contributed by atoms with Crippen molar-refractivity contribution in [1.29, 1.82) is 0 Å². The van der Waals surface area contributed by atoms with Crippen molar-refractivity contribution in [3.05, 3.63) is 0 Å². The Kier molecular flexibility index (Phi) is 7.02. The van der Waals surface area contributed by atoms with E-state index in [1.807, 2.05) is 13.8 Å². The highest BCUT2D eigenvalue weighted by Crippen LogP contribution is 2.11. The summed E-state index contributed by atoms with van der Waals surface area (Å²) >= 11 is 0. The molecule has 7 nitrogen and oxygen atoms in total. The summed E-state index contributed by atoms with van der Waals surface area (Å²) < 4.78 is 0. The van der Waals surface area contributed by atoms with Crippen molar-refractivity contribution in [2.75, 3.05) is 14.1 Å². The SMILES string of the molecule is CNC(=O)[C@@H](NC(=O)[C@H](C(C)C)N(C)C(=O)O)C(C)C. The molecule has 0 spiro atoms. The molecule has 3 amide bonds. The zero-order valence-corrected chi connectivity index (χ0v) is 12.9. The molecule has 0 radical (unpaired) electrons. The van der Waals surface area contributed by atoms with Crippen molar-refractivity contribution >= 4 is 17.9 Å².